The number of esters is 1. The van der Waals surface area contributed by atoms with Gasteiger partial charge in [-0.15, -0.1) is 0 Å². The van der Waals surface area contributed by atoms with Crippen LogP contribution in [0.3, 0.4) is 0 Å². The first-order chi connectivity index (χ1) is 6.25. The van der Waals surface area contributed by atoms with Gasteiger partial charge in [-0.25, -0.2) is 0 Å². The lowest BCUT2D eigenvalue weighted by molar-refractivity contribution is -0.150. The second kappa shape index (κ2) is 4.97. The molecule has 1 aliphatic rings. The average molecular weight is 186 g/mol. The van der Waals surface area contributed by atoms with Gasteiger partial charge >= 0.3 is 5.97 Å². The van der Waals surface area contributed by atoms with Crippen LogP contribution in [0.15, 0.2) is 0 Å². The van der Waals surface area contributed by atoms with Crippen molar-refractivity contribution in [2.45, 2.75) is 19.3 Å². The smallest absolute Gasteiger partial charge is 0.316 e. The van der Waals surface area contributed by atoms with Gasteiger partial charge in [-0.1, -0.05) is 0 Å². The molecule has 0 aromatic rings. The fraction of sp³-hybridized carbons (Fsp3) is 0.778. The van der Waals surface area contributed by atoms with Gasteiger partial charge in [0.1, 0.15) is 11.7 Å². The Hall–Kier alpha value is -0.900. The Morgan fingerprint density at radius 2 is 2.31 bits per heavy atom. The van der Waals surface area contributed by atoms with Gasteiger partial charge in [-0.2, -0.15) is 0 Å². The first-order valence-corrected chi connectivity index (χ1v) is 4.44. The Morgan fingerprint density at radius 3 is 3.00 bits per heavy atom. The Morgan fingerprint density at radius 1 is 1.54 bits per heavy atom. The maximum Gasteiger partial charge on any atom is 0.316 e. The molecular formula is C9H14O4. The predicted molar refractivity (Wildman–Crippen MR) is 45.2 cm³/mol. The number of methoxy groups -OCH3 is 1. The summed E-state index contributed by atoms with van der Waals surface area (Å²) in [6, 6.07) is 0. The minimum Gasteiger partial charge on any atom is -0.468 e. The first-order valence-electron chi connectivity index (χ1n) is 4.44. The first kappa shape index (κ1) is 10.2. The molecular weight excluding hydrogens is 172 g/mol. The van der Waals surface area contributed by atoms with Crippen LogP contribution in [0.25, 0.3) is 0 Å². The number of carbonyl (C=O) groups is 2. The standard InChI is InChI=1S/C9H14O4/c1-12-9(11)7-4-6-13-5-2-3-8(7)10/h7H,2-6H2,1H3. The Kier molecular flexibility index (Phi) is 3.89. The Labute approximate surface area is 77.2 Å². The summed E-state index contributed by atoms with van der Waals surface area (Å²) >= 11 is 0. The van der Waals surface area contributed by atoms with Crippen LogP contribution < -0.4 is 0 Å². The lowest BCUT2D eigenvalue weighted by Crippen LogP contribution is -2.28. The summed E-state index contributed by atoms with van der Waals surface area (Å²) in [5, 5.41) is 0. The lowest BCUT2D eigenvalue weighted by atomic mass is 9.96. The number of rotatable bonds is 1. The Balaban J connectivity index is 2.56. The predicted octanol–water partition coefficient (Wildman–Crippen LogP) is 0.545. The van der Waals surface area contributed by atoms with Gasteiger partial charge in [0.25, 0.3) is 0 Å². The normalized spacial score (nSPS) is 24.7. The number of hydrogen-bond donors (Lipinski definition) is 0. The summed E-state index contributed by atoms with van der Waals surface area (Å²) in [6.45, 7) is 1.07. The van der Waals surface area contributed by atoms with E-state index in [0.29, 0.717) is 32.5 Å². The fourth-order valence-electron chi connectivity index (χ4n) is 1.38. The van der Waals surface area contributed by atoms with E-state index in [-0.39, 0.29) is 5.78 Å². The number of ketones is 1. The minimum absolute atomic E-state index is 0.0184. The summed E-state index contributed by atoms with van der Waals surface area (Å²) < 4.78 is 9.73. The molecule has 0 spiro atoms. The zero-order valence-corrected chi connectivity index (χ0v) is 7.75. The molecule has 74 valence electrons. The molecule has 1 atom stereocenters. The van der Waals surface area contributed by atoms with Gasteiger partial charge in [0.05, 0.1) is 7.11 Å². The fourth-order valence-corrected chi connectivity index (χ4v) is 1.38. The summed E-state index contributed by atoms with van der Waals surface area (Å²) in [5.41, 5.74) is 0. The van der Waals surface area contributed by atoms with E-state index in [9.17, 15) is 9.59 Å². The quantitative estimate of drug-likeness (QED) is 0.443. The van der Waals surface area contributed by atoms with E-state index in [0.717, 1.165) is 0 Å². The van der Waals surface area contributed by atoms with E-state index in [1.165, 1.54) is 7.11 Å². The number of ether oxygens (including phenoxy) is 2. The SMILES string of the molecule is COC(=O)C1CCOCCCC1=O. The molecule has 0 amide bonds. The number of hydrogen-bond acceptors (Lipinski definition) is 4. The molecule has 0 N–H and O–H groups in total. The molecule has 1 unspecified atom stereocenters. The van der Waals surface area contributed by atoms with E-state index in [1.807, 2.05) is 0 Å². The second-order valence-electron chi connectivity index (χ2n) is 3.05. The summed E-state index contributed by atoms with van der Waals surface area (Å²) in [4.78, 5) is 22.6. The molecule has 1 fully saturated rings. The van der Waals surface area contributed by atoms with Crippen LogP contribution in [0.4, 0.5) is 0 Å². The molecule has 1 heterocycles. The van der Waals surface area contributed by atoms with E-state index in [4.69, 9.17) is 4.74 Å². The molecule has 0 saturated carbocycles. The molecule has 1 rings (SSSR count). The zero-order chi connectivity index (χ0) is 9.68. The summed E-state index contributed by atoms with van der Waals surface area (Å²) in [7, 11) is 1.30. The van der Waals surface area contributed by atoms with Crippen LogP contribution in [0.2, 0.25) is 0 Å². The molecule has 0 aromatic carbocycles. The van der Waals surface area contributed by atoms with Crippen molar-refractivity contribution in [1.82, 2.24) is 0 Å². The largest absolute Gasteiger partial charge is 0.468 e. The van der Waals surface area contributed by atoms with Gasteiger partial charge in [-0.3, -0.25) is 9.59 Å². The third-order valence-electron chi connectivity index (χ3n) is 2.14. The van der Waals surface area contributed by atoms with E-state index in [2.05, 4.69) is 4.74 Å². The van der Waals surface area contributed by atoms with Crippen LogP contribution in [0.5, 0.6) is 0 Å². The van der Waals surface area contributed by atoms with Crippen molar-refractivity contribution < 1.29 is 19.1 Å². The molecule has 0 aliphatic carbocycles. The molecule has 1 saturated heterocycles. The van der Waals surface area contributed by atoms with Gasteiger partial charge in [0, 0.05) is 19.6 Å². The van der Waals surface area contributed by atoms with Crippen molar-refractivity contribution in [1.29, 1.82) is 0 Å². The molecule has 1 aliphatic heterocycles. The monoisotopic (exact) mass is 186 g/mol. The third kappa shape index (κ3) is 2.81. The van der Waals surface area contributed by atoms with E-state index < -0.39 is 11.9 Å². The minimum atomic E-state index is -0.606. The van der Waals surface area contributed by atoms with Crippen molar-refractivity contribution in [2.75, 3.05) is 20.3 Å². The number of Topliss-reactive ketones (excluding diaryl/α,β-unsaturated/α-hetero) is 1. The van der Waals surface area contributed by atoms with Crippen molar-refractivity contribution in [3.05, 3.63) is 0 Å². The molecule has 4 heteroatoms. The van der Waals surface area contributed by atoms with Gasteiger partial charge in [0.15, 0.2) is 0 Å². The molecule has 4 nitrogen and oxygen atoms in total. The number of carbonyl (C=O) groups excluding carboxylic acids is 2. The third-order valence-corrected chi connectivity index (χ3v) is 2.14. The summed E-state index contributed by atoms with van der Waals surface area (Å²) in [5.74, 6) is -1.06. The van der Waals surface area contributed by atoms with E-state index in [1.54, 1.807) is 0 Å². The highest BCUT2D eigenvalue weighted by Gasteiger charge is 2.27. The van der Waals surface area contributed by atoms with Crippen LogP contribution in [-0.2, 0) is 19.1 Å². The average Bonchev–Trinajstić information content (AvgIpc) is 2.11. The van der Waals surface area contributed by atoms with Crippen molar-refractivity contribution >= 4 is 11.8 Å². The van der Waals surface area contributed by atoms with Crippen LogP contribution >= 0.6 is 0 Å². The van der Waals surface area contributed by atoms with Crippen LogP contribution in [-0.4, -0.2) is 32.1 Å². The highest BCUT2D eigenvalue weighted by molar-refractivity contribution is 5.98. The van der Waals surface area contributed by atoms with Gasteiger partial charge < -0.3 is 9.47 Å². The van der Waals surface area contributed by atoms with Crippen molar-refractivity contribution in [2.24, 2.45) is 5.92 Å². The van der Waals surface area contributed by atoms with Gasteiger partial charge in [-0.05, 0) is 12.8 Å². The lowest BCUT2D eigenvalue weighted by Gasteiger charge is -2.16. The van der Waals surface area contributed by atoms with E-state index >= 15 is 0 Å². The zero-order valence-electron chi connectivity index (χ0n) is 7.75. The van der Waals surface area contributed by atoms with Crippen molar-refractivity contribution in [3.63, 3.8) is 0 Å². The highest BCUT2D eigenvalue weighted by Crippen LogP contribution is 2.13. The maximum absolute atomic E-state index is 11.4. The molecule has 0 aromatic heterocycles. The highest BCUT2D eigenvalue weighted by atomic mass is 16.5. The Bertz CT molecular complexity index is 200. The molecule has 0 bridgehead atoms. The topological polar surface area (TPSA) is 52.6 Å². The van der Waals surface area contributed by atoms with Crippen LogP contribution in [0.1, 0.15) is 19.3 Å². The summed E-state index contributed by atoms with van der Waals surface area (Å²) in [6.07, 6.45) is 1.57. The van der Waals surface area contributed by atoms with Crippen molar-refractivity contribution in [3.8, 4) is 0 Å². The van der Waals surface area contributed by atoms with Gasteiger partial charge in [0.2, 0.25) is 0 Å². The maximum atomic E-state index is 11.4. The van der Waals surface area contributed by atoms with Crippen LogP contribution in [0, 0.1) is 5.92 Å². The molecule has 13 heavy (non-hydrogen) atoms. The second-order valence-corrected chi connectivity index (χ2v) is 3.05. The molecule has 0 radical (unpaired) electrons.